The minimum atomic E-state index is 0.0397. The molecule has 1 fully saturated rings. The molecule has 1 aromatic rings. The van der Waals surface area contributed by atoms with Gasteiger partial charge in [0.2, 0.25) is 0 Å². The summed E-state index contributed by atoms with van der Waals surface area (Å²) in [5, 5.41) is 4.10. The van der Waals surface area contributed by atoms with Gasteiger partial charge in [0.05, 0.1) is 0 Å². The van der Waals surface area contributed by atoms with Crippen LogP contribution in [0.4, 0.5) is 5.82 Å². The zero-order valence-corrected chi connectivity index (χ0v) is 12.4. The Kier molecular flexibility index (Phi) is 3.81. The Morgan fingerprint density at radius 2 is 2.00 bits per heavy atom. The Morgan fingerprint density at radius 1 is 1.33 bits per heavy atom. The molecule has 0 aromatic carbocycles. The molecule has 3 nitrogen and oxygen atoms in total. The number of hydrogen-bond acceptors (Lipinski definition) is 3. The Hall–Kier alpha value is -0.830. The average Bonchev–Trinajstić information content (AvgIpc) is 3.07. The molecule has 1 saturated carbocycles. The summed E-state index contributed by atoms with van der Waals surface area (Å²) < 4.78 is 0. The van der Waals surface area contributed by atoms with Crippen molar-refractivity contribution in [1.29, 1.82) is 0 Å². The summed E-state index contributed by atoms with van der Waals surface area (Å²) in [6.07, 6.45) is 4.63. The highest BCUT2D eigenvalue weighted by Gasteiger charge is 2.28. The minimum absolute atomic E-state index is 0.0397. The fourth-order valence-electron chi connectivity index (χ4n) is 2.16. The molecule has 0 saturated heterocycles. The number of nitrogens with zero attached hydrogens (tertiary/aromatic N) is 2. The van der Waals surface area contributed by atoms with Crippen LogP contribution in [0.2, 0.25) is 5.15 Å². The van der Waals surface area contributed by atoms with Gasteiger partial charge in [0.25, 0.3) is 0 Å². The van der Waals surface area contributed by atoms with Crippen molar-refractivity contribution in [2.45, 2.75) is 64.8 Å². The van der Waals surface area contributed by atoms with E-state index in [0.717, 1.165) is 30.0 Å². The lowest BCUT2D eigenvalue weighted by Gasteiger charge is -2.27. The minimum Gasteiger partial charge on any atom is -0.365 e. The number of rotatable bonds is 5. The number of aromatic nitrogens is 2. The zero-order valence-electron chi connectivity index (χ0n) is 11.7. The van der Waals surface area contributed by atoms with E-state index in [0.29, 0.717) is 11.1 Å². The number of nitrogens with one attached hydrogen (secondary N) is 1. The van der Waals surface area contributed by atoms with Crippen molar-refractivity contribution in [3.63, 3.8) is 0 Å². The van der Waals surface area contributed by atoms with Crippen LogP contribution in [0.25, 0.3) is 0 Å². The van der Waals surface area contributed by atoms with Crippen LogP contribution in [-0.2, 0) is 0 Å². The molecule has 0 aliphatic heterocycles. The van der Waals surface area contributed by atoms with E-state index in [1.165, 1.54) is 12.8 Å². The highest BCUT2D eigenvalue weighted by atomic mass is 35.5. The van der Waals surface area contributed by atoms with E-state index in [4.69, 9.17) is 11.6 Å². The second-order valence-corrected chi connectivity index (χ2v) is 6.24. The van der Waals surface area contributed by atoms with E-state index >= 15 is 0 Å². The molecule has 0 radical (unpaired) electrons. The molecule has 0 amide bonds. The zero-order chi connectivity index (χ0) is 13.3. The van der Waals surface area contributed by atoms with Gasteiger partial charge in [-0.15, -0.1) is 0 Å². The fourth-order valence-corrected chi connectivity index (χ4v) is 2.34. The molecule has 1 aromatic heterocycles. The van der Waals surface area contributed by atoms with Crippen molar-refractivity contribution in [2.24, 2.45) is 0 Å². The third-order valence-corrected chi connectivity index (χ3v) is 3.75. The predicted molar refractivity (Wildman–Crippen MR) is 76.4 cm³/mol. The second-order valence-electron chi connectivity index (χ2n) is 5.88. The van der Waals surface area contributed by atoms with Gasteiger partial charge >= 0.3 is 0 Å². The first kappa shape index (κ1) is 13.6. The van der Waals surface area contributed by atoms with Crippen LogP contribution in [0.15, 0.2) is 0 Å². The number of hydrogen-bond donors (Lipinski definition) is 1. The van der Waals surface area contributed by atoms with Crippen molar-refractivity contribution in [3.8, 4) is 0 Å². The summed E-state index contributed by atoms with van der Waals surface area (Å²) >= 11 is 6.21. The summed E-state index contributed by atoms with van der Waals surface area (Å²) in [5.74, 6) is 2.33. The van der Waals surface area contributed by atoms with Crippen LogP contribution in [0.5, 0.6) is 0 Å². The lowest BCUT2D eigenvalue weighted by atomic mass is 9.99. The van der Waals surface area contributed by atoms with Crippen molar-refractivity contribution >= 4 is 17.4 Å². The maximum Gasteiger partial charge on any atom is 0.137 e. The van der Waals surface area contributed by atoms with Gasteiger partial charge in [-0.25, -0.2) is 9.97 Å². The molecule has 1 N–H and O–H groups in total. The summed E-state index contributed by atoms with van der Waals surface area (Å²) in [6.45, 7) is 8.56. The highest BCUT2D eigenvalue weighted by Crippen LogP contribution is 2.39. The summed E-state index contributed by atoms with van der Waals surface area (Å²) in [4.78, 5) is 9.04. The van der Waals surface area contributed by atoms with E-state index < -0.39 is 0 Å². The Labute approximate surface area is 114 Å². The molecule has 4 heteroatoms. The predicted octanol–water partition coefficient (Wildman–Crippen LogP) is 4.31. The average molecular weight is 268 g/mol. The third kappa shape index (κ3) is 3.14. The summed E-state index contributed by atoms with van der Waals surface area (Å²) in [6, 6.07) is 0. The first-order valence-electron chi connectivity index (χ1n) is 6.75. The Bertz CT molecular complexity index is 439. The van der Waals surface area contributed by atoms with Crippen LogP contribution in [-0.4, -0.2) is 15.5 Å². The molecule has 1 aliphatic carbocycles. The summed E-state index contributed by atoms with van der Waals surface area (Å²) in [7, 11) is 0. The smallest absolute Gasteiger partial charge is 0.137 e. The molecule has 0 spiro atoms. The molecule has 2 rings (SSSR count). The first-order valence-corrected chi connectivity index (χ1v) is 7.13. The van der Waals surface area contributed by atoms with E-state index in [9.17, 15) is 0 Å². The van der Waals surface area contributed by atoms with Crippen LogP contribution in [0.1, 0.15) is 63.8 Å². The van der Waals surface area contributed by atoms with Crippen molar-refractivity contribution in [2.75, 3.05) is 5.32 Å². The van der Waals surface area contributed by atoms with Crippen LogP contribution >= 0.6 is 11.6 Å². The first-order chi connectivity index (χ1) is 8.43. The lowest BCUT2D eigenvalue weighted by Crippen LogP contribution is -2.31. The maximum atomic E-state index is 6.21. The molecule has 1 heterocycles. The second kappa shape index (κ2) is 5.04. The topological polar surface area (TPSA) is 37.8 Å². The highest BCUT2D eigenvalue weighted by molar-refractivity contribution is 6.30. The molecular weight excluding hydrogens is 246 g/mol. The monoisotopic (exact) mass is 267 g/mol. The largest absolute Gasteiger partial charge is 0.365 e. The molecular formula is C14H22ClN3. The standard InChI is InChI=1S/C14H22ClN3/c1-5-8-14(3,4)18-12-9(2)11(15)16-13(17-12)10-6-7-10/h10H,5-8H2,1-4H3,(H,16,17,18). The number of halogens is 1. The van der Waals surface area contributed by atoms with E-state index in [1.807, 2.05) is 6.92 Å². The van der Waals surface area contributed by atoms with Crippen molar-refractivity contribution < 1.29 is 0 Å². The molecule has 1 aliphatic rings. The van der Waals surface area contributed by atoms with Gasteiger partial charge in [0.15, 0.2) is 0 Å². The quantitative estimate of drug-likeness (QED) is 0.808. The van der Waals surface area contributed by atoms with Gasteiger partial charge in [0.1, 0.15) is 16.8 Å². The van der Waals surface area contributed by atoms with Crippen molar-refractivity contribution in [3.05, 3.63) is 16.5 Å². The molecule has 0 atom stereocenters. The number of anilines is 1. The van der Waals surface area contributed by atoms with E-state index in [-0.39, 0.29) is 5.54 Å². The summed E-state index contributed by atoms with van der Waals surface area (Å²) in [5.41, 5.74) is 0.989. The van der Waals surface area contributed by atoms with E-state index in [1.54, 1.807) is 0 Å². The maximum absolute atomic E-state index is 6.21. The normalized spacial score (nSPS) is 15.8. The molecule has 18 heavy (non-hydrogen) atoms. The van der Waals surface area contributed by atoms with Gasteiger partial charge in [-0.1, -0.05) is 24.9 Å². The van der Waals surface area contributed by atoms with Crippen LogP contribution < -0.4 is 5.32 Å². The molecule has 100 valence electrons. The van der Waals surface area contributed by atoms with Crippen LogP contribution in [0, 0.1) is 6.92 Å². The van der Waals surface area contributed by atoms with Gasteiger partial charge < -0.3 is 5.32 Å². The fraction of sp³-hybridized carbons (Fsp3) is 0.714. The third-order valence-electron chi connectivity index (χ3n) is 3.38. The van der Waals surface area contributed by atoms with Gasteiger partial charge in [-0.3, -0.25) is 0 Å². The van der Waals surface area contributed by atoms with Gasteiger partial charge in [0, 0.05) is 17.0 Å². The van der Waals surface area contributed by atoms with Crippen molar-refractivity contribution in [1.82, 2.24) is 9.97 Å². The SMILES string of the molecule is CCCC(C)(C)Nc1nc(C2CC2)nc(Cl)c1C. The van der Waals surface area contributed by atoms with Crippen LogP contribution in [0.3, 0.4) is 0 Å². The van der Waals surface area contributed by atoms with Gasteiger partial charge in [-0.05, 0) is 40.0 Å². The van der Waals surface area contributed by atoms with E-state index in [2.05, 4.69) is 36.1 Å². The Morgan fingerprint density at radius 3 is 2.56 bits per heavy atom. The van der Waals surface area contributed by atoms with Gasteiger partial charge in [-0.2, -0.15) is 0 Å². The molecule has 0 unspecified atom stereocenters. The Balaban J connectivity index is 2.25. The molecule has 0 bridgehead atoms. The lowest BCUT2D eigenvalue weighted by molar-refractivity contribution is 0.508.